The number of aliphatic hydroxyl groups excluding tert-OH is 2. The molecule has 45 heavy (non-hydrogen) atoms. The fourth-order valence-electron chi connectivity index (χ4n) is 6.41. The largest absolute Gasteiger partial charge is 0.502 e. The van der Waals surface area contributed by atoms with Crippen LogP contribution in [-0.4, -0.2) is 60.0 Å². The number of hydrogen-bond donors (Lipinski definition) is 2. The van der Waals surface area contributed by atoms with E-state index in [4.69, 9.17) is 38.6 Å². The van der Waals surface area contributed by atoms with Crippen molar-refractivity contribution in [2.24, 2.45) is 23.7 Å². The van der Waals surface area contributed by atoms with Crippen molar-refractivity contribution in [1.82, 2.24) is 0 Å². The summed E-state index contributed by atoms with van der Waals surface area (Å²) >= 11 is 9.98. The molecule has 0 aliphatic rings. The predicted molar refractivity (Wildman–Crippen MR) is 201 cm³/mol. The van der Waals surface area contributed by atoms with Crippen LogP contribution in [0.2, 0.25) is 0 Å². The second-order valence-electron chi connectivity index (χ2n) is 13.5. The van der Waals surface area contributed by atoms with Gasteiger partial charge in [0.05, 0.1) is 26.4 Å². The molecule has 0 heterocycles. The van der Waals surface area contributed by atoms with Gasteiger partial charge in [0.25, 0.3) is 0 Å². The monoisotopic (exact) mass is 674 g/mol. The zero-order valence-corrected chi connectivity index (χ0v) is 31.7. The Morgan fingerprint density at radius 1 is 0.422 bits per heavy atom. The van der Waals surface area contributed by atoms with Gasteiger partial charge in [0.15, 0.2) is 10.1 Å². The topological polar surface area (TPSA) is 68.2 Å². The molecule has 0 fully saturated rings. The molecule has 0 aliphatic carbocycles. The average molecular weight is 675 g/mol. The summed E-state index contributed by atoms with van der Waals surface area (Å²) in [5.74, 6) is 2.57. The van der Waals surface area contributed by atoms with Crippen molar-refractivity contribution in [3.05, 3.63) is 0 Å². The van der Waals surface area contributed by atoms with Crippen LogP contribution in [0.25, 0.3) is 0 Å². The third-order valence-corrected chi connectivity index (χ3v) is 9.88. The predicted octanol–water partition coefficient (Wildman–Crippen LogP) is 11.9. The van der Waals surface area contributed by atoms with E-state index < -0.39 is 0 Å². The lowest BCUT2D eigenvalue weighted by Crippen LogP contribution is -2.14. The van der Waals surface area contributed by atoms with Crippen LogP contribution in [0.1, 0.15) is 169 Å². The van der Waals surface area contributed by atoms with E-state index in [1.165, 1.54) is 103 Å². The molecule has 0 aromatic rings. The van der Waals surface area contributed by atoms with Gasteiger partial charge in [-0.05, 0) is 73.8 Å². The summed E-state index contributed by atoms with van der Waals surface area (Å²) in [6, 6.07) is 0. The first-order chi connectivity index (χ1) is 21.9. The minimum Gasteiger partial charge on any atom is -0.502 e. The van der Waals surface area contributed by atoms with E-state index in [1.54, 1.807) is 0 Å². The normalized spacial score (nSPS) is 14.3. The van der Waals surface area contributed by atoms with Crippen molar-refractivity contribution < 1.29 is 24.4 Å². The van der Waals surface area contributed by atoms with Gasteiger partial charge in [0.1, 0.15) is 0 Å². The molecule has 4 unspecified atom stereocenters. The van der Waals surface area contributed by atoms with E-state index in [9.17, 15) is 10.2 Å². The van der Waals surface area contributed by atoms with Gasteiger partial charge in [0.2, 0.25) is 0 Å². The van der Waals surface area contributed by atoms with Crippen molar-refractivity contribution >= 4 is 34.5 Å². The molecule has 0 amide bonds. The number of ether oxygens (including phenoxy) is 3. The lowest BCUT2D eigenvalue weighted by molar-refractivity contribution is 0.00993. The Balaban J connectivity index is 3.91. The first-order valence-electron chi connectivity index (χ1n) is 19.0. The fourth-order valence-corrected chi connectivity index (χ4v) is 6.88. The summed E-state index contributed by atoms with van der Waals surface area (Å²) in [5.41, 5.74) is 0. The summed E-state index contributed by atoms with van der Waals surface area (Å²) in [4.78, 5) is 0. The maximum atomic E-state index is 9.69. The Morgan fingerprint density at radius 2 is 0.733 bits per heavy atom. The third-order valence-electron chi connectivity index (χ3n) is 9.55. The van der Waals surface area contributed by atoms with Crippen LogP contribution in [0.5, 0.6) is 0 Å². The van der Waals surface area contributed by atoms with Gasteiger partial charge < -0.3 is 24.4 Å². The molecule has 0 radical (unpaired) electrons. The number of hydrogen-bond acceptors (Lipinski definition) is 5. The molecule has 0 saturated carbocycles. The van der Waals surface area contributed by atoms with Gasteiger partial charge in [-0.15, -0.1) is 0 Å². The van der Waals surface area contributed by atoms with E-state index >= 15 is 0 Å². The van der Waals surface area contributed by atoms with E-state index in [1.807, 2.05) is 0 Å². The lowest BCUT2D eigenvalue weighted by atomic mass is 9.91. The fraction of sp³-hybridized carbons (Fsp3) is 0.947. The summed E-state index contributed by atoms with van der Waals surface area (Å²) in [6.07, 6.45) is 26.2. The lowest BCUT2D eigenvalue weighted by Gasteiger charge is -2.17. The van der Waals surface area contributed by atoms with Crippen LogP contribution in [0, 0.1) is 23.7 Å². The third kappa shape index (κ3) is 30.7. The number of rotatable bonds is 36. The van der Waals surface area contributed by atoms with E-state index in [0.29, 0.717) is 64.3 Å². The minimum absolute atomic E-state index is 0.123. The zero-order valence-electron chi connectivity index (χ0n) is 30.0. The van der Waals surface area contributed by atoms with Crippen molar-refractivity contribution in [3.8, 4) is 0 Å². The highest BCUT2D eigenvalue weighted by Gasteiger charge is 2.13. The Hall–Kier alpha value is -0.340. The molecule has 0 spiro atoms. The van der Waals surface area contributed by atoms with Gasteiger partial charge in [-0.1, -0.05) is 130 Å². The van der Waals surface area contributed by atoms with Crippen molar-refractivity contribution in [3.63, 3.8) is 0 Å². The second-order valence-corrected chi connectivity index (χ2v) is 14.4. The maximum Gasteiger partial charge on any atom is 0.156 e. The first-order valence-corrected chi connectivity index (χ1v) is 19.8. The van der Waals surface area contributed by atoms with Gasteiger partial charge in [0, 0.05) is 26.1 Å². The Kier molecular flexibility index (Phi) is 33.3. The molecule has 7 heteroatoms. The Labute approximate surface area is 290 Å². The second kappa shape index (κ2) is 33.6. The summed E-state index contributed by atoms with van der Waals surface area (Å²) in [7, 11) is 0. The van der Waals surface area contributed by atoms with E-state index in [0.717, 1.165) is 37.5 Å². The molecule has 0 aromatic heterocycles. The molecule has 2 N–H and O–H groups in total. The number of aliphatic hydroxyl groups is 2. The van der Waals surface area contributed by atoms with Crippen molar-refractivity contribution in [2.45, 2.75) is 169 Å². The summed E-state index contributed by atoms with van der Waals surface area (Å²) < 4.78 is 17.3. The molecule has 0 bridgehead atoms. The highest BCUT2D eigenvalue weighted by molar-refractivity contribution is 7.80. The zero-order chi connectivity index (χ0) is 33.4. The van der Waals surface area contributed by atoms with Crippen LogP contribution in [0.15, 0.2) is 0 Å². The van der Waals surface area contributed by atoms with Gasteiger partial charge in [-0.3, -0.25) is 0 Å². The van der Waals surface area contributed by atoms with Gasteiger partial charge in [-0.2, -0.15) is 0 Å². The quantitative estimate of drug-likeness (QED) is 0.0506. The summed E-state index contributed by atoms with van der Waals surface area (Å²) in [6.45, 7) is 12.8. The highest BCUT2D eigenvalue weighted by atomic mass is 32.1. The standard InChI is InChI=1S/C38H74O5S2/c1-5-9-17-33(7-3)19-13-11-15-21-35(31-37(39)44)23-25-41-27-29-43-30-28-42-26-24-36(32-38(40)45)22-16-12-14-20-34(8-4)18-10-6-2/h33-36H,5-32H2,1-4H3,(H,39,44)(H,40,45). The minimum atomic E-state index is 0.123. The molecule has 5 nitrogen and oxygen atoms in total. The molecular weight excluding hydrogens is 601 g/mol. The van der Waals surface area contributed by atoms with Gasteiger partial charge in [-0.25, -0.2) is 0 Å². The van der Waals surface area contributed by atoms with Crippen LogP contribution < -0.4 is 0 Å². The van der Waals surface area contributed by atoms with E-state index in [2.05, 4.69) is 27.7 Å². The molecular formula is C38H74O5S2. The first kappa shape index (κ1) is 44.7. The highest BCUT2D eigenvalue weighted by Crippen LogP contribution is 2.24. The van der Waals surface area contributed by atoms with Gasteiger partial charge >= 0.3 is 0 Å². The van der Waals surface area contributed by atoms with E-state index in [-0.39, 0.29) is 10.1 Å². The molecule has 0 rings (SSSR count). The SMILES string of the molecule is CCCCC(CC)CCCCCC(CCOCCOCCOCCC(CCCCCC(CC)CCCC)CC(O)=S)CC(O)=S. The Bertz CT molecular complexity index is 608. The number of thiocarbonyl (C=S) groups is 2. The molecule has 0 aromatic carbocycles. The average Bonchev–Trinajstić information content (AvgIpc) is 3.01. The van der Waals surface area contributed by atoms with Crippen LogP contribution >= 0.6 is 24.4 Å². The summed E-state index contributed by atoms with van der Waals surface area (Å²) in [5, 5.41) is 19.6. The molecule has 0 saturated heterocycles. The van der Waals surface area contributed by atoms with Crippen molar-refractivity contribution in [2.75, 3.05) is 39.6 Å². The van der Waals surface area contributed by atoms with Crippen LogP contribution in [0.3, 0.4) is 0 Å². The smallest absolute Gasteiger partial charge is 0.156 e. The number of unbranched alkanes of at least 4 members (excludes halogenated alkanes) is 6. The molecule has 0 aliphatic heterocycles. The van der Waals surface area contributed by atoms with Crippen LogP contribution in [-0.2, 0) is 14.2 Å². The Morgan fingerprint density at radius 3 is 1.04 bits per heavy atom. The molecule has 4 atom stereocenters. The maximum absolute atomic E-state index is 9.69. The van der Waals surface area contributed by atoms with Crippen molar-refractivity contribution in [1.29, 1.82) is 0 Å². The van der Waals surface area contributed by atoms with Crippen LogP contribution in [0.4, 0.5) is 0 Å². The molecule has 268 valence electrons.